The van der Waals surface area contributed by atoms with Gasteiger partial charge in [0, 0.05) is 12.6 Å². The molecular weight excluding hydrogens is 254 g/mol. The molecule has 5 nitrogen and oxygen atoms in total. The summed E-state index contributed by atoms with van der Waals surface area (Å²) in [6.45, 7) is 8.93. The van der Waals surface area contributed by atoms with Crippen molar-refractivity contribution in [3.8, 4) is 5.88 Å². The second-order valence-corrected chi connectivity index (χ2v) is 6.20. The standard InChI is InChI=1S/C15H25N3O2/c1-10(2)20-14-12(16)5-6-13(18-14)17-11-7-8-19-15(3,4)9-11/h5-6,10-11H,7-9,16H2,1-4H3,(H,17,18). The van der Waals surface area contributed by atoms with Crippen molar-refractivity contribution in [1.82, 2.24) is 4.98 Å². The third-order valence-electron chi connectivity index (χ3n) is 3.29. The zero-order valence-electron chi connectivity index (χ0n) is 12.8. The molecule has 1 aromatic rings. The number of nitrogen functional groups attached to an aromatic ring is 1. The van der Waals surface area contributed by atoms with Crippen molar-refractivity contribution in [3.63, 3.8) is 0 Å². The smallest absolute Gasteiger partial charge is 0.239 e. The second-order valence-electron chi connectivity index (χ2n) is 6.20. The third-order valence-corrected chi connectivity index (χ3v) is 3.29. The van der Waals surface area contributed by atoms with Gasteiger partial charge in [-0.3, -0.25) is 0 Å². The molecule has 3 N–H and O–H groups in total. The maximum atomic E-state index is 5.88. The summed E-state index contributed by atoms with van der Waals surface area (Å²) in [4.78, 5) is 4.46. The second kappa shape index (κ2) is 5.87. The van der Waals surface area contributed by atoms with Crippen LogP contribution in [-0.4, -0.2) is 29.3 Å². The SMILES string of the molecule is CC(C)Oc1nc(NC2CCOC(C)(C)C2)ccc1N. The van der Waals surface area contributed by atoms with E-state index >= 15 is 0 Å². The molecular formula is C15H25N3O2. The van der Waals surface area contributed by atoms with Gasteiger partial charge in [-0.1, -0.05) is 0 Å². The summed E-state index contributed by atoms with van der Waals surface area (Å²) in [6.07, 6.45) is 2.00. The summed E-state index contributed by atoms with van der Waals surface area (Å²) in [5.41, 5.74) is 6.36. The first kappa shape index (κ1) is 14.9. The van der Waals surface area contributed by atoms with E-state index in [-0.39, 0.29) is 11.7 Å². The molecule has 0 amide bonds. The number of nitrogens with two attached hydrogens (primary N) is 1. The van der Waals surface area contributed by atoms with Crippen LogP contribution >= 0.6 is 0 Å². The van der Waals surface area contributed by atoms with Gasteiger partial charge in [-0.25, -0.2) is 0 Å². The quantitative estimate of drug-likeness (QED) is 0.887. The molecule has 1 atom stereocenters. The van der Waals surface area contributed by atoms with Crippen LogP contribution in [0.3, 0.4) is 0 Å². The molecule has 0 radical (unpaired) electrons. The molecule has 2 heterocycles. The topological polar surface area (TPSA) is 69.4 Å². The van der Waals surface area contributed by atoms with E-state index in [1.807, 2.05) is 26.0 Å². The normalized spacial score (nSPS) is 21.8. The van der Waals surface area contributed by atoms with Crippen LogP contribution in [0.2, 0.25) is 0 Å². The van der Waals surface area contributed by atoms with E-state index < -0.39 is 0 Å². The van der Waals surface area contributed by atoms with Gasteiger partial charge in [-0.05, 0) is 52.7 Å². The van der Waals surface area contributed by atoms with Crippen LogP contribution < -0.4 is 15.8 Å². The monoisotopic (exact) mass is 279 g/mol. The fourth-order valence-corrected chi connectivity index (χ4v) is 2.41. The van der Waals surface area contributed by atoms with Crippen LogP contribution in [0.5, 0.6) is 5.88 Å². The van der Waals surface area contributed by atoms with Gasteiger partial charge in [-0.15, -0.1) is 0 Å². The molecule has 1 aliphatic rings. The first-order chi connectivity index (χ1) is 9.35. The Hall–Kier alpha value is -1.49. The van der Waals surface area contributed by atoms with Gasteiger partial charge in [-0.2, -0.15) is 4.98 Å². The Labute approximate surface area is 120 Å². The maximum Gasteiger partial charge on any atom is 0.239 e. The highest BCUT2D eigenvalue weighted by Crippen LogP contribution is 2.27. The molecule has 1 saturated heterocycles. The zero-order chi connectivity index (χ0) is 14.8. The molecule has 1 aliphatic heterocycles. The Bertz CT molecular complexity index is 460. The minimum absolute atomic E-state index is 0.0575. The van der Waals surface area contributed by atoms with Gasteiger partial charge >= 0.3 is 0 Å². The maximum absolute atomic E-state index is 5.88. The van der Waals surface area contributed by atoms with Gasteiger partial charge in [0.2, 0.25) is 5.88 Å². The average molecular weight is 279 g/mol. The summed E-state index contributed by atoms with van der Waals surface area (Å²) >= 11 is 0. The van der Waals surface area contributed by atoms with Crippen molar-refractivity contribution in [3.05, 3.63) is 12.1 Å². The largest absolute Gasteiger partial charge is 0.473 e. The lowest BCUT2D eigenvalue weighted by Gasteiger charge is -2.36. The number of hydrogen-bond acceptors (Lipinski definition) is 5. The minimum atomic E-state index is -0.0824. The van der Waals surface area contributed by atoms with Crippen LogP contribution in [0.1, 0.15) is 40.5 Å². The number of pyridine rings is 1. The van der Waals surface area contributed by atoms with Crippen LogP contribution in [0, 0.1) is 0 Å². The summed E-state index contributed by atoms with van der Waals surface area (Å²) < 4.78 is 11.3. The molecule has 1 fully saturated rings. The van der Waals surface area contributed by atoms with Crippen molar-refractivity contribution >= 4 is 11.5 Å². The minimum Gasteiger partial charge on any atom is -0.473 e. The lowest BCUT2D eigenvalue weighted by atomic mass is 9.94. The Morgan fingerprint density at radius 1 is 1.45 bits per heavy atom. The number of anilines is 2. The molecule has 0 spiro atoms. The van der Waals surface area contributed by atoms with E-state index in [9.17, 15) is 0 Å². The highest BCUT2D eigenvalue weighted by atomic mass is 16.5. The Kier molecular flexibility index (Phi) is 4.38. The lowest BCUT2D eigenvalue weighted by molar-refractivity contribution is -0.0553. The lowest BCUT2D eigenvalue weighted by Crippen LogP contribution is -2.40. The number of aromatic nitrogens is 1. The third kappa shape index (κ3) is 4.00. The number of hydrogen-bond donors (Lipinski definition) is 2. The van der Waals surface area contributed by atoms with Crippen molar-refractivity contribution in [2.45, 2.75) is 58.3 Å². The van der Waals surface area contributed by atoms with E-state index in [2.05, 4.69) is 24.1 Å². The summed E-state index contributed by atoms with van der Waals surface area (Å²) in [5.74, 6) is 1.30. The van der Waals surface area contributed by atoms with Crippen LogP contribution in [0.25, 0.3) is 0 Å². The van der Waals surface area contributed by atoms with E-state index in [0.29, 0.717) is 17.6 Å². The Morgan fingerprint density at radius 3 is 2.85 bits per heavy atom. The molecule has 0 saturated carbocycles. The van der Waals surface area contributed by atoms with Gasteiger partial charge in [0.05, 0.1) is 17.4 Å². The fraction of sp³-hybridized carbons (Fsp3) is 0.667. The van der Waals surface area contributed by atoms with Crippen molar-refractivity contribution in [2.24, 2.45) is 0 Å². The first-order valence-electron chi connectivity index (χ1n) is 7.19. The van der Waals surface area contributed by atoms with Crippen LogP contribution in [0.4, 0.5) is 11.5 Å². The highest BCUT2D eigenvalue weighted by molar-refractivity contribution is 5.54. The van der Waals surface area contributed by atoms with Crippen molar-refractivity contribution in [2.75, 3.05) is 17.7 Å². The van der Waals surface area contributed by atoms with Gasteiger partial charge < -0.3 is 20.5 Å². The summed E-state index contributed by atoms with van der Waals surface area (Å²) in [7, 11) is 0. The summed E-state index contributed by atoms with van der Waals surface area (Å²) in [5, 5.41) is 3.45. The van der Waals surface area contributed by atoms with Crippen LogP contribution in [0.15, 0.2) is 12.1 Å². The molecule has 112 valence electrons. The van der Waals surface area contributed by atoms with Crippen molar-refractivity contribution in [1.29, 1.82) is 0 Å². The molecule has 20 heavy (non-hydrogen) atoms. The fourth-order valence-electron chi connectivity index (χ4n) is 2.41. The van der Waals surface area contributed by atoms with E-state index in [1.165, 1.54) is 0 Å². The molecule has 1 aromatic heterocycles. The number of nitrogens with zero attached hydrogens (tertiary/aromatic N) is 1. The van der Waals surface area contributed by atoms with Gasteiger partial charge in [0.25, 0.3) is 0 Å². The Morgan fingerprint density at radius 2 is 2.20 bits per heavy atom. The number of nitrogens with one attached hydrogen (secondary N) is 1. The molecule has 1 unspecified atom stereocenters. The highest BCUT2D eigenvalue weighted by Gasteiger charge is 2.28. The zero-order valence-corrected chi connectivity index (χ0v) is 12.8. The molecule has 0 bridgehead atoms. The average Bonchev–Trinajstić information content (AvgIpc) is 2.31. The van der Waals surface area contributed by atoms with E-state index in [0.717, 1.165) is 25.3 Å². The Balaban J connectivity index is 2.06. The first-order valence-corrected chi connectivity index (χ1v) is 7.19. The predicted octanol–water partition coefficient (Wildman–Crippen LogP) is 2.82. The number of ether oxygens (including phenoxy) is 2. The molecule has 0 aromatic carbocycles. The number of rotatable bonds is 4. The van der Waals surface area contributed by atoms with Gasteiger partial charge in [0.15, 0.2) is 0 Å². The van der Waals surface area contributed by atoms with Gasteiger partial charge in [0.1, 0.15) is 5.82 Å². The molecule has 5 heteroatoms. The van der Waals surface area contributed by atoms with E-state index in [4.69, 9.17) is 15.2 Å². The van der Waals surface area contributed by atoms with Crippen LogP contribution in [-0.2, 0) is 4.74 Å². The molecule has 2 rings (SSSR count). The summed E-state index contributed by atoms with van der Waals surface area (Å²) in [6, 6.07) is 4.09. The van der Waals surface area contributed by atoms with E-state index in [1.54, 1.807) is 0 Å². The molecule has 0 aliphatic carbocycles. The predicted molar refractivity (Wildman–Crippen MR) is 81.1 cm³/mol. The van der Waals surface area contributed by atoms with Crippen molar-refractivity contribution < 1.29 is 9.47 Å².